The highest BCUT2D eigenvalue weighted by Crippen LogP contribution is 2.37. The molecule has 0 bridgehead atoms. The maximum atomic E-state index is 5.94. The first-order chi connectivity index (χ1) is 8.72. The second kappa shape index (κ2) is 5.00. The Morgan fingerprint density at radius 2 is 2.00 bits per heavy atom. The third kappa shape index (κ3) is 2.44. The van der Waals surface area contributed by atoms with Crippen molar-refractivity contribution in [3.05, 3.63) is 11.7 Å². The standard InChI is InChI=1S/C14H23N3O/c1-9-3-2-4-10(7-9)13-16-14(18-17-13)11-5-6-12(15)8-11/h9-12H,2-8,15H2,1H3. The van der Waals surface area contributed by atoms with Crippen molar-refractivity contribution in [1.82, 2.24) is 10.1 Å². The lowest BCUT2D eigenvalue weighted by atomic mass is 9.82. The van der Waals surface area contributed by atoms with E-state index >= 15 is 0 Å². The minimum absolute atomic E-state index is 0.319. The summed E-state index contributed by atoms with van der Waals surface area (Å²) in [7, 11) is 0. The van der Waals surface area contributed by atoms with Crippen LogP contribution in [0.4, 0.5) is 0 Å². The van der Waals surface area contributed by atoms with Crippen LogP contribution in [0.2, 0.25) is 0 Å². The van der Waals surface area contributed by atoms with Crippen molar-refractivity contribution < 1.29 is 4.52 Å². The van der Waals surface area contributed by atoms with Gasteiger partial charge in [-0.15, -0.1) is 0 Å². The Bertz CT molecular complexity index is 403. The number of hydrogen-bond donors (Lipinski definition) is 1. The van der Waals surface area contributed by atoms with Gasteiger partial charge in [-0.1, -0.05) is 24.9 Å². The van der Waals surface area contributed by atoms with Crippen LogP contribution in [0, 0.1) is 5.92 Å². The highest BCUT2D eigenvalue weighted by Gasteiger charge is 2.30. The summed E-state index contributed by atoms with van der Waals surface area (Å²) >= 11 is 0. The molecule has 2 saturated carbocycles. The highest BCUT2D eigenvalue weighted by molar-refractivity contribution is 5.03. The first-order valence-corrected chi connectivity index (χ1v) is 7.31. The monoisotopic (exact) mass is 249 g/mol. The Balaban J connectivity index is 1.69. The zero-order chi connectivity index (χ0) is 12.5. The van der Waals surface area contributed by atoms with E-state index in [4.69, 9.17) is 10.3 Å². The summed E-state index contributed by atoms with van der Waals surface area (Å²) in [6, 6.07) is 0.319. The van der Waals surface area contributed by atoms with Crippen molar-refractivity contribution >= 4 is 0 Å². The predicted molar refractivity (Wildman–Crippen MR) is 69.2 cm³/mol. The molecule has 18 heavy (non-hydrogen) atoms. The van der Waals surface area contributed by atoms with Crippen LogP contribution in [0.5, 0.6) is 0 Å². The Labute approximate surface area is 108 Å². The van der Waals surface area contributed by atoms with Crippen molar-refractivity contribution in [3.8, 4) is 0 Å². The van der Waals surface area contributed by atoms with Gasteiger partial charge in [0.25, 0.3) is 0 Å². The Hall–Kier alpha value is -0.900. The first kappa shape index (κ1) is 12.2. The summed E-state index contributed by atoms with van der Waals surface area (Å²) in [5.74, 6) is 3.49. The Kier molecular flexibility index (Phi) is 3.37. The van der Waals surface area contributed by atoms with Gasteiger partial charge in [0.1, 0.15) is 0 Å². The average Bonchev–Trinajstić information content (AvgIpc) is 2.97. The van der Waals surface area contributed by atoms with Gasteiger partial charge in [0, 0.05) is 17.9 Å². The number of rotatable bonds is 2. The largest absolute Gasteiger partial charge is 0.339 e. The maximum absolute atomic E-state index is 5.94. The van der Waals surface area contributed by atoms with E-state index in [1.165, 1.54) is 25.7 Å². The molecule has 2 aliphatic rings. The van der Waals surface area contributed by atoms with Gasteiger partial charge in [-0.3, -0.25) is 0 Å². The molecule has 0 saturated heterocycles. The molecule has 4 nitrogen and oxygen atoms in total. The fraction of sp³-hybridized carbons (Fsp3) is 0.857. The van der Waals surface area contributed by atoms with E-state index in [-0.39, 0.29) is 0 Å². The van der Waals surface area contributed by atoms with Gasteiger partial charge in [-0.2, -0.15) is 4.98 Å². The van der Waals surface area contributed by atoms with E-state index in [1.54, 1.807) is 0 Å². The normalized spacial score (nSPS) is 37.0. The Morgan fingerprint density at radius 3 is 2.72 bits per heavy atom. The van der Waals surface area contributed by atoms with Crippen LogP contribution in [0.1, 0.15) is 75.4 Å². The molecule has 4 unspecified atom stereocenters. The lowest BCUT2D eigenvalue weighted by Gasteiger charge is -2.23. The molecule has 2 N–H and O–H groups in total. The van der Waals surface area contributed by atoms with Crippen molar-refractivity contribution in [1.29, 1.82) is 0 Å². The molecular weight excluding hydrogens is 226 g/mol. The summed E-state index contributed by atoms with van der Waals surface area (Å²) in [4.78, 5) is 4.65. The van der Waals surface area contributed by atoms with E-state index in [9.17, 15) is 0 Å². The molecule has 2 fully saturated rings. The van der Waals surface area contributed by atoms with Gasteiger partial charge in [-0.05, 0) is 38.0 Å². The third-order valence-corrected chi connectivity index (χ3v) is 4.58. The topological polar surface area (TPSA) is 64.9 Å². The Morgan fingerprint density at radius 1 is 1.11 bits per heavy atom. The zero-order valence-corrected chi connectivity index (χ0v) is 11.1. The predicted octanol–water partition coefficient (Wildman–Crippen LogP) is 2.96. The van der Waals surface area contributed by atoms with Crippen LogP contribution in [0.15, 0.2) is 4.52 Å². The molecule has 4 heteroatoms. The number of hydrogen-bond acceptors (Lipinski definition) is 4. The minimum atomic E-state index is 0.319. The molecule has 0 radical (unpaired) electrons. The van der Waals surface area contributed by atoms with E-state index in [2.05, 4.69) is 17.1 Å². The van der Waals surface area contributed by atoms with Crippen molar-refractivity contribution in [2.75, 3.05) is 0 Å². The maximum Gasteiger partial charge on any atom is 0.229 e. The van der Waals surface area contributed by atoms with Crippen LogP contribution in [-0.4, -0.2) is 16.2 Å². The smallest absolute Gasteiger partial charge is 0.229 e. The fourth-order valence-electron chi connectivity index (χ4n) is 3.49. The van der Waals surface area contributed by atoms with Crippen LogP contribution in [0.25, 0.3) is 0 Å². The second-order valence-corrected chi connectivity index (χ2v) is 6.23. The van der Waals surface area contributed by atoms with E-state index in [0.717, 1.165) is 36.9 Å². The summed E-state index contributed by atoms with van der Waals surface area (Å²) in [5, 5.41) is 4.22. The van der Waals surface area contributed by atoms with Crippen LogP contribution in [-0.2, 0) is 0 Å². The van der Waals surface area contributed by atoms with Crippen molar-refractivity contribution in [2.45, 2.75) is 69.7 Å². The van der Waals surface area contributed by atoms with Gasteiger partial charge in [-0.25, -0.2) is 0 Å². The van der Waals surface area contributed by atoms with E-state index in [1.807, 2.05) is 0 Å². The van der Waals surface area contributed by atoms with E-state index < -0.39 is 0 Å². The second-order valence-electron chi connectivity index (χ2n) is 6.23. The van der Waals surface area contributed by atoms with Crippen molar-refractivity contribution in [3.63, 3.8) is 0 Å². The lowest BCUT2D eigenvalue weighted by Crippen LogP contribution is -2.14. The minimum Gasteiger partial charge on any atom is -0.339 e. The molecule has 4 atom stereocenters. The lowest BCUT2D eigenvalue weighted by molar-refractivity contribution is 0.315. The average molecular weight is 249 g/mol. The SMILES string of the molecule is CC1CCCC(c2noc(C3CCC(N)C3)n2)C1. The molecule has 1 heterocycles. The van der Waals surface area contributed by atoms with Gasteiger partial charge < -0.3 is 10.3 Å². The van der Waals surface area contributed by atoms with E-state index in [0.29, 0.717) is 17.9 Å². The quantitative estimate of drug-likeness (QED) is 0.875. The molecule has 3 rings (SSSR count). The van der Waals surface area contributed by atoms with Crippen LogP contribution >= 0.6 is 0 Å². The number of aromatic nitrogens is 2. The van der Waals surface area contributed by atoms with Crippen LogP contribution < -0.4 is 5.73 Å². The molecule has 0 aliphatic heterocycles. The van der Waals surface area contributed by atoms with Gasteiger partial charge in [0.2, 0.25) is 5.89 Å². The molecule has 0 aromatic carbocycles. The van der Waals surface area contributed by atoms with Gasteiger partial charge >= 0.3 is 0 Å². The fourth-order valence-corrected chi connectivity index (χ4v) is 3.49. The van der Waals surface area contributed by atoms with Crippen molar-refractivity contribution in [2.24, 2.45) is 11.7 Å². The molecule has 0 amide bonds. The zero-order valence-electron chi connectivity index (χ0n) is 11.1. The summed E-state index contributed by atoms with van der Waals surface area (Å²) < 4.78 is 5.47. The van der Waals surface area contributed by atoms with Crippen LogP contribution in [0.3, 0.4) is 0 Å². The summed E-state index contributed by atoms with van der Waals surface area (Å²) in [6.07, 6.45) is 8.26. The molecule has 0 spiro atoms. The first-order valence-electron chi connectivity index (χ1n) is 7.31. The van der Waals surface area contributed by atoms with Gasteiger partial charge in [0.15, 0.2) is 5.82 Å². The highest BCUT2D eigenvalue weighted by atomic mass is 16.5. The molecule has 1 aromatic rings. The molecule has 100 valence electrons. The number of nitrogens with two attached hydrogens (primary N) is 1. The third-order valence-electron chi connectivity index (χ3n) is 4.58. The summed E-state index contributed by atoms with van der Waals surface area (Å²) in [5.41, 5.74) is 5.94. The van der Waals surface area contributed by atoms with Gasteiger partial charge in [0.05, 0.1) is 0 Å². The number of nitrogens with zero attached hydrogens (tertiary/aromatic N) is 2. The molecule has 2 aliphatic carbocycles. The molecular formula is C14H23N3O. The summed E-state index contributed by atoms with van der Waals surface area (Å²) in [6.45, 7) is 2.32. The molecule has 1 aromatic heterocycles.